The number of benzene rings is 3. The van der Waals surface area contributed by atoms with Gasteiger partial charge in [-0.1, -0.05) is 12.1 Å². The summed E-state index contributed by atoms with van der Waals surface area (Å²) in [6, 6.07) is 10.6. The van der Waals surface area contributed by atoms with Gasteiger partial charge in [-0.15, -0.1) is 0 Å². The predicted molar refractivity (Wildman–Crippen MR) is 104 cm³/mol. The average Bonchev–Trinajstić information content (AvgIpc) is 2.76. The minimum atomic E-state index is -5.08. The lowest BCUT2D eigenvalue weighted by Crippen LogP contribution is -2.21. The molecule has 0 atom stereocenters. The topological polar surface area (TPSA) is 171 Å². The van der Waals surface area contributed by atoms with E-state index in [1.54, 1.807) is 24.3 Å². The zero-order valence-electron chi connectivity index (χ0n) is 15.9. The number of hydrogen-bond donors (Lipinski definition) is 6. The predicted octanol–water partition coefficient (Wildman–Crippen LogP) is 2.97. The van der Waals surface area contributed by atoms with E-state index >= 15 is 0 Å². The maximum atomic E-state index is 12.2. The number of phenolic OH excluding ortho intramolecular Hbond substituents is 4. The van der Waals surface area contributed by atoms with Gasteiger partial charge >= 0.3 is 18.1 Å². The van der Waals surface area contributed by atoms with Crippen LogP contribution >= 0.6 is 0 Å². The fraction of sp³-hybridized carbons (Fsp3) is 0.100. The monoisotopic (exact) mass is 455 g/mol. The van der Waals surface area contributed by atoms with Gasteiger partial charge in [0.15, 0.2) is 11.5 Å². The van der Waals surface area contributed by atoms with Crippen molar-refractivity contribution in [2.75, 3.05) is 0 Å². The second-order valence-corrected chi connectivity index (χ2v) is 6.20. The van der Waals surface area contributed by atoms with E-state index in [2.05, 4.69) is 0 Å². The fourth-order valence-corrected chi connectivity index (χ4v) is 2.41. The van der Waals surface area contributed by atoms with Crippen LogP contribution < -0.4 is 10.5 Å². The lowest BCUT2D eigenvalue weighted by atomic mass is 10.1. The molecule has 0 aromatic heterocycles. The van der Waals surface area contributed by atoms with Gasteiger partial charge in [-0.05, 0) is 35.9 Å². The Morgan fingerprint density at radius 3 is 1.81 bits per heavy atom. The van der Waals surface area contributed by atoms with Crippen LogP contribution in [0.15, 0.2) is 42.5 Å². The quantitative estimate of drug-likeness (QED) is 0.150. The standard InChI is InChI=1S/C18H15NO6.C2HF3O2/c19-8-9-1-3-10(4-2-9)18(24)25-11-5-6-12-13(7-11)15(21)17(23)16(22)14(12)20;3-2(4,5)1(6)7/h1-7,20-23H,8,19H2;(H,6,7). The van der Waals surface area contributed by atoms with Gasteiger partial charge in [-0.25, -0.2) is 9.59 Å². The van der Waals surface area contributed by atoms with Crippen LogP contribution in [-0.2, 0) is 11.3 Å². The smallest absolute Gasteiger partial charge is 0.490 e. The molecule has 0 saturated carbocycles. The number of aliphatic carboxylic acids is 1. The number of fused-ring (bicyclic) bond motifs is 1. The number of esters is 1. The lowest BCUT2D eigenvalue weighted by molar-refractivity contribution is -0.192. The maximum Gasteiger partial charge on any atom is 0.490 e. The molecule has 0 aliphatic rings. The minimum Gasteiger partial charge on any atom is -0.504 e. The number of alkyl halides is 3. The zero-order chi connectivity index (χ0) is 24.2. The van der Waals surface area contributed by atoms with Gasteiger partial charge in [0.25, 0.3) is 0 Å². The molecule has 7 N–H and O–H groups in total. The lowest BCUT2D eigenvalue weighted by Gasteiger charge is -2.10. The van der Waals surface area contributed by atoms with Crippen molar-refractivity contribution in [2.24, 2.45) is 5.73 Å². The van der Waals surface area contributed by atoms with Crippen LogP contribution in [0.5, 0.6) is 28.7 Å². The Morgan fingerprint density at radius 1 is 0.844 bits per heavy atom. The Kier molecular flexibility index (Phi) is 7.00. The number of aromatic hydroxyl groups is 4. The van der Waals surface area contributed by atoms with Crippen LogP contribution in [0.4, 0.5) is 13.2 Å². The summed E-state index contributed by atoms with van der Waals surface area (Å²) in [5.41, 5.74) is 6.69. The van der Waals surface area contributed by atoms with Gasteiger partial charge in [-0.3, -0.25) is 0 Å². The summed E-state index contributed by atoms with van der Waals surface area (Å²) >= 11 is 0. The Morgan fingerprint density at radius 2 is 1.34 bits per heavy atom. The highest BCUT2D eigenvalue weighted by atomic mass is 19.4. The van der Waals surface area contributed by atoms with Crippen molar-refractivity contribution < 1.29 is 53.0 Å². The third kappa shape index (κ3) is 5.29. The zero-order valence-corrected chi connectivity index (χ0v) is 15.9. The third-order valence-corrected chi connectivity index (χ3v) is 4.05. The average molecular weight is 455 g/mol. The third-order valence-electron chi connectivity index (χ3n) is 4.05. The van der Waals surface area contributed by atoms with Crippen molar-refractivity contribution in [3.63, 3.8) is 0 Å². The Labute approximate surface area is 177 Å². The second-order valence-electron chi connectivity index (χ2n) is 6.20. The number of halogens is 3. The first-order valence-electron chi connectivity index (χ1n) is 8.57. The number of carboxylic acid groups (broad SMARTS) is 1. The van der Waals surface area contributed by atoms with Crippen molar-refractivity contribution in [1.82, 2.24) is 0 Å². The molecule has 3 aromatic carbocycles. The van der Waals surface area contributed by atoms with Crippen LogP contribution in [0, 0.1) is 0 Å². The molecule has 0 amide bonds. The van der Waals surface area contributed by atoms with Crippen LogP contribution in [0.25, 0.3) is 10.8 Å². The van der Waals surface area contributed by atoms with Gasteiger partial charge in [-0.2, -0.15) is 13.2 Å². The largest absolute Gasteiger partial charge is 0.504 e. The molecule has 0 saturated heterocycles. The van der Waals surface area contributed by atoms with Gasteiger partial charge < -0.3 is 36.0 Å². The summed E-state index contributed by atoms with van der Waals surface area (Å²) in [5.74, 6) is -6.17. The molecular formula is C20H16F3NO8. The molecule has 3 rings (SSSR count). The summed E-state index contributed by atoms with van der Waals surface area (Å²) in [5, 5.41) is 46.1. The van der Waals surface area contributed by atoms with E-state index in [0.29, 0.717) is 12.1 Å². The number of rotatable bonds is 3. The first-order chi connectivity index (χ1) is 14.9. The fourth-order valence-electron chi connectivity index (χ4n) is 2.41. The molecule has 0 aliphatic carbocycles. The first-order valence-corrected chi connectivity index (χ1v) is 8.57. The van der Waals surface area contributed by atoms with Crippen molar-refractivity contribution in [2.45, 2.75) is 12.7 Å². The highest BCUT2D eigenvalue weighted by Gasteiger charge is 2.38. The van der Waals surface area contributed by atoms with Gasteiger partial charge in [0.2, 0.25) is 11.5 Å². The maximum absolute atomic E-state index is 12.2. The molecule has 0 heterocycles. The Bertz CT molecular complexity index is 1160. The molecule has 0 spiro atoms. The molecule has 170 valence electrons. The van der Waals surface area contributed by atoms with Crippen molar-refractivity contribution >= 4 is 22.7 Å². The van der Waals surface area contributed by atoms with Crippen molar-refractivity contribution in [3.8, 4) is 28.7 Å². The highest BCUT2D eigenvalue weighted by molar-refractivity contribution is 5.99. The van der Waals surface area contributed by atoms with E-state index in [-0.39, 0.29) is 16.5 Å². The molecular weight excluding hydrogens is 439 g/mol. The molecule has 12 heteroatoms. The SMILES string of the molecule is NCc1ccc(C(=O)Oc2ccc3c(O)c(O)c(O)c(O)c3c2)cc1.O=C(O)C(F)(F)F. The van der Waals surface area contributed by atoms with Crippen LogP contribution in [-0.4, -0.2) is 43.6 Å². The van der Waals surface area contributed by atoms with Gasteiger partial charge in [0, 0.05) is 17.3 Å². The van der Waals surface area contributed by atoms with Crippen molar-refractivity contribution in [1.29, 1.82) is 0 Å². The molecule has 0 fully saturated rings. The minimum absolute atomic E-state index is 0.0246. The molecule has 0 unspecified atom stereocenters. The van der Waals surface area contributed by atoms with Crippen LogP contribution in [0.3, 0.4) is 0 Å². The van der Waals surface area contributed by atoms with E-state index < -0.39 is 41.1 Å². The first kappa shape index (κ1) is 24.1. The number of carbonyl (C=O) groups is 2. The Hall–Kier alpha value is -4.19. The van der Waals surface area contributed by atoms with E-state index in [4.69, 9.17) is 20.4 Å². The van der Waals surface area contributed by atoms with E-state index in [0.717, 1.165) is 5.56 Å². The molecule has 0 radical (unpaired) electrons. The van der Waals surface area contributed by atoms with E-state index in [1.165, 1.54) is 18.2 Å². The molecule has 3 aromatic rings. The summed E-state index contributed by atoms with van der Waals surface area (Å²) in [6.07, 6.45) is -5.08. The van der Waals surface area contributed by atoms with Gasteiger partial charge in [0.1, 0.15) is 5.75 Å². The van der Waals surface area contributed by atoms with Crippen molar-refractivity contribution in [3.05, 3.63) is 53.6 Å². The normalized spacial score (nSPS) is 10.9. The number of phenols is 4. The molecule has 32 heavy (non-hydrogen) atoms. The number of carboxylic acids is 1. The number of ether oxygens (including phenoxy) is 1. The number of carbonyl (C=O) groups excluding carboxylic acids is 1. The highest BCUT2D eigenvalue weighted by Crippen LogP contribution is 2.49. The van der Waals surface area contributed by atoms with E-state index in [1.807, 2.05) is 0 Å². The van der Waals surface area contributed by atoms with E-state index in [9.17, 15) is 38.4 Å². The summed E-state index contributed by atoms with van der Waals surface area (Å²) in [7, 11) is 0. The van der Waals surface area contributed by atoms with Gasteiger partial charge in [0.05, 0.1) is 5.56 Å². The van der Waals surface area contributed by atoms with Crippen LogP contribution in [0.1, 0.15) is 15.9 Å². The molecule has 0 bridgehead atoms. The Balaban J connectivity index is 0.000000451. The molecule has 9 nitrogen and oxygen atoms in total. The second kappa shape index (κ2) is 9.31. The summed E-state index contributed by atoms with van der Waals surface area (Å²) in [6.45, 7) is 0.360. The number of nitrogens with two attached hydrogens (primary N) is 1. The summed E-state index contributed by atoms with van der Waals surface area (Å²) < 4.78 is 37.0. The van der Waals surface area contributed by atoms with Crippen LogP contribution in [0.2, 0.25) is 0 Å². The summed E-state index contributed by atoms with van der Waals surface area (Å²) in [4.78, 5) is 21.1. The number of hydrogen-bond acceptors (Lipinski definition) is 8. The molecule has 0 aliphatic heterocycles.